The van der Waals surface area contributed by atoms with E-state index in [-0.39, 0.29) is 5.92 Å². The second-order valence-electron chi connectivity index (χ2n) is 5.86. The van der Waals surface area contributed by atoms with E-state index in [1.807, 2.05) is 0 Å². The summed E-state index contributed by atoms with van der Waals surface area (Å²) < 4.78 is 0. The van der Waals surface area contributed by atoms with Crippen LogP contribution >= 0.6 is 0 Å². The molecule has 0 radical (unpaired) electrons. The highest BCUT2D eigenvalue weighted by Gasteiger charge is 2.37. The summed E-state index contributed by atoms with van der Waals surface area (Å²) in [7, 11) is 0. The number of aliphatic carboxylic acids is 1. The second-order valence-corrected chi connectivity index (χ2v) is 5.86. The quantitative estimate of drug-likeness (QED) is 0.796. The molecule has 3 nitrogen and oxygen atoms in total. The molecule has 1 aliphatic heterocycles. The van der Waals surface area contributed by atoms with Crippen molar-refractivity contribution in [2.75, 3.05) is 19.6 Å². The summed E-state index contributed by atoms with van der Waals surface area (Å²) in [6.07, 6.45) is 3.10. The molecule has 1 aliphatic carbocycles. The highest BCUT2D eigenvalue weighted by atomic mass is 16.4. The normalized spacial score (nSPS) is 31.9. The van der Waals surface area contributed by atoms with E-state index in [2.05, 4.69) is 18.7 Å². The average molecular weight is 225 g/mol. The molecule has 0 spiro atoms. The van der Waals surface area contributed by atoms with Gasteiger partial charge in [-0.2, -0.15) is 0 Å². The minimum atomic E-state index is -0.580. The fraction of sp³-hybridized carbons (Fsp3) is 0.923. The van der Waals surface area contributed by atoms with Gasteiger partial charge in [-0.05, 0) is 30.6 Å². The van der Waals surface area contributed by atoms with Gasteiger partial charge < -0.3 is 10.0 Å². The zero-order valence-corrected chi connectivity index (χ0v) is 10.4. The minimum Gasteiger partial charge on any atom is -0.481 e. The van der Waals surface area contributed by atoms with Crippen molar-refractivity contribution in [3.05, 3.63) is 0 Å². The van der Waals surface area contributed by atoms with Crippen LogP contribution in [0.3, 0.4) is 0 Å². The van der Waals surface area contributed by atoms with Crippen LogP contribution in [0.2, 0.25) is 0 Å². The Labute approximate surface area is 97.8 Å². The predicted octanol–water partition coefficient (Wildman–Crippen LogP) is 2.08. The molecule has 2 fully saturated rings. The summed E-state index contributed by atoms with van der Waals surface area (Å²) in [6.45, 7) is 7.93. The van der Waals surface area contributed by atoms with Crippen molar-refractivity contribution in [3.63, 3.8) is 0 Å². The molecule has 2 atom stereocenters. The first kappa shape index (κ1) is 11.9. The number of carboxylic acid groups (broad SMARTS) is 1. The van der Waals surface area contributed by atoms with E-state index in [1.165, 1.54) is 13.1 Å². The van der Waals surface area contributed by atoms with E-state index >= 15 is 0 Å². The summed E-state index contributed by atoms with van der Waals surface area (Å²) in [4.78, 5) is 13.5. The van der Waals surface area contributed by atoms with Crippen LogP contribution in [-0.4, -0.2) is 35.6 Å². The van der Waals surface area contributed by atoms with Crippen LogP contribution in [0.15, 0.2) is 0 Å². The van der Waals surface area contributed by atoms with Crippen LogP contribution in [0.25, 0.3) is 0 Å². The van der Waals surface area contributed by atoms with Crippen LogP contribution in [-0.2, 0) is 4.79 Å². The van der Waals surface area contributed by atoms with Crippen LogP contribution in [0.4, 0.5) is 0 Å². The number of rotatable bonds is 4. The van der Waals surface area contributed by atoms with Crippen LogP contribution in [0.1, 0.15) is 33.1 Å². The maximum atomic E-state index is 11.1. The van der Waals surface area contributed by atoms with Crippen molar-refractivity contribution in [3.8, 4) is 0 Å². The Bertz CT molecular complexity index is 259. The number of hydrogen-bond donors (Lipinski definition) is 1. The molecule has 0 amide bonds. The van der Waals surface area contributed by atoms with Crippen LogP contribution in [0.5, 0.6) is 0 Å². The lowest BCUT2D eigenvalue weighted by molar-refractivity contribution is -0.143. The van der Waals surface area contributed by atoms with Gasteiger partial charge in [-0.15, -0.1) is 0 Å². The van der Waals surface area contributed by atoms with E-state index in [9.17, 15) is 4.79 Å². The maximum absolute atomic E-state index is 11.1. The lowest BCUT2D eigenvalue weighted by Gasteiger charge is -2.43. The van der Waals surface area contributed by atoms with Gasteiger partial charge in [-0.3, -0.25) is 4.79 Å². The van der Waals surface area contributed by atoms with Crippen molar-refractivity contribution >= 4 is 5.97 Å². The van der Waals surface area contributed by atoms with Gasteiger partial charge in [0, 0.05) is 19.6 Å². The van der Waals surface area contributed by atoms with E-state index in [0.29, 0.717) is 5.92 Å². The van der Waals surface area contributed by atoms with Crippen molar-refractivity contribution in [2.45, 2.75) is 33.1 Å². The van der Waals surface area contributed by atoms with Gasteiger partial charge in [0.2, 0.25) is 0 Å². The highest BCUT2D eigenvalue weighted by molar-refractivity contribution is 5.70. The smallest absolute Gasteiger partial charge is 0.306 e. The number of hydrogen-bond acceptors (Lipinski definition) is 2. The largest absolute Gasteiger partial charge is 0.481 e. The lowest BCUT2D eigenvalue weighted by Crippen LogP contribution is -2.51. The first-order chi connectivity index (χ1) is 7.58. The summed E-state index contributed by atoms with van der Waals surface area (Å²) in [5.41, 5.74) is 0. The Kier molecular flexibility index (Phi) is 3.53. The molecule has 2 unspecified atom stereocenters. The van der Waals surface area contributed by atoms with Gasteiger partial charge in [0.05, 0.1) is 5.92 Å². The summed E-state index contributed by atoms with van der Waals surface area (Å²) >= 11 is 0. The Morgan fingerprint density at radius 2 is 2.06 bits per heavy atom. The van der Waals surface area contributed by atoms with Gasteiger partial charge in [0.25, 0.3) is 0 Å². The van der Waals surface area contributed by atoms with E-state index in [4.69, 9.17) is 5.11 Å². The topological polar surface area (TPSA) is 40.5 Å². The Hall–Kier alpha value is -0.570. The second kappa shape index (κ2) is 4.74. The number of likely N-dealkylation sites (tertiary alicyclic amines) is 1. The van der Waals surface area contributed by atoms with E-state index in [0.717, 1.165) is 37.6 Å². The third kappa shape index (κ3) is 2.40. The summed E-state index contributed by atoms with van der Waals surface area (Å²) in [5, 5.41) is 9.11. The van der Waals surface area contributed by atoms with Crippen LogP contribution < -0.4 is 0 Å². The monoisotopic (exact) mass is 225 g/mol. The Morgan fingerprint density at radius 3 is 2.62 bits per heavy atom. The Morgan fingerprint density at radius 1 is 1.38 bits per heavy atom. The zero-order valence-electron chi connectivity index (χ0n) is 10.4. The first-order valence-electron chi connectivity index (χ1n) is 6.53. The predicted molar refractivity (Wildman–Crippen MR) is 63.2 cm³/mol. The fourth-order valence-corrected chi connectivity index (χ4v) is 3.09. The van der Waals surface area contributed by atoms with Gasteiger partial charge in [-0.1, -0.05) is 20.3 Å². The molecule has 0 bridgehead atoms. The molecular formula is C13H23NO2. The third-order valence-corrected chi connectivity index (χ3v) is 4.40. The standard InChI is InChI=1S/C13H23NO2/c1-9(2)11-7-14(8-11)6-10-4-3-5-12(10)13(15)16/h9-12H,3-8H2,1-2H3,(H,15,16). The van der Waals surface area contributed by atoms with Crippen molar-refractivity contribution in [2.24, 2.45) is 23.7 Å². The van der Waals surface area contributed by atoms with Gasteiger partial charge in [0.15, 0.2) is 0 Å². The molecular weight excluding hydrogens is 202 g/mol. The maximum Gasteiger partial charge on any atom is 0.306 e. The molecule has 2 rings (SSSR count). The number of carbonyl (C=O) groups is 1. The minimum absolute atomic E-state index is 0.0712. The molecule has 92 valence electrons. The van der Waals surface area contributed by atoms with Gasteiger partial charge in [0.1, 0.15) is 0 Å². The third-order valence-electron chi connectivity index (χ3n) is 4.40. The molecule has 16 heavy (non-hydrogen) atoms. The molecule has 1 N–H and O–H groups in total. The SMILES string of the molecule is CC(C)C1CN(CC2CCCC2C(=O)O)C1. The molecule has 1 saturated heterocycles. The van der Waals surface area contributed by atoms with E-state index in [1.54, 1.807) is 0 Å². The zero-order chi connectivity index (χ0) is 11.7. The molecule has 1 saturated carbocycles. The molecule has 0 aromatic rings. The van der Waals surface area contributed by atoms with Crippen LogP contribution in [0, 0.1) is 23.7 Å². The lowest BCUT2D eigenvalue weighted by atomic mass is 9.86. The fourth-order valence-electron chi connectivity index (χ4n) is 3.09. The molecule has 2 aliphatic rings. The first-order valence-corrected chi connectivity index (χ1v) is 6.53. The Balaban J connectivity index is 1.76. The van der Waals surface area contributed by atoms with Crippen molar-refractivity contribution < 1.29 is 9.90 Å². The number of nitrogens with zero attached hydrogens (tertiary/aromatic N) is 1. The molecule has 3 heteroatoms. The molecule has 1 heterocycles. The summed E-state index contributed by atoms with van der Waals surface area (Å²) in [5.74, 6) is 1.37. The number of carboxylic acids is 1. The molecule has 0 aromatic carbocycles. The molecule has 0 aromatic heterocycles. The average Bonchev–Trinajstić information content (AvgIpc) is 2.57. The van der Waals surface area contributed by atoms with Gasteiger partial charge in [-0.25, -0.2) is 0 Å². The van der Waals surface area contributed by atoms with Gasteiger partial charge >= 0.3 is 5.97 Å². The van der Waals surface area contributed by atoms with E-state index < -0.39 is 5.97 Å². The van der Waals surface area contributed by atoms with Crippen molar-refractivity contribution in [1.29, 1.82) is 0 Å². The van der Waals surface area contributed by atoms with Crippen molar-refractivity contribution in [1.82, 2.24) is 4.90 Å². The summed E-state index contributed by atoms with van der Waals surface area (Å²) in [6, 6.07) is 0. The highest BCUT2D eigenvalue weighted by Crippen LogP contribution is 2.34.